The van der Waals surface area contributed by atoms with Gasteiger partial charge in [0.15, 0.2) is 0 Å². The van der Waals surface area contributed by atoms with Crippen molar-refractivity contribution in [3.05, 3.63) is 71.4 Å². The first-order valence-corrected chi connectivity index (χ1v) is 24.3. The van der Waals surface area contributed by atoms with E-state index in [9.17, 15) is 0 Å². The Morgan fingerprint density at radius 2 is 1.39 bits per heavy atom. The van der Waals surface area contributed by atoms with E-state index in [1.165, 1.54) is 148 Å². The third kappa shape index (κ3) is 6.42. The van der Waals surface area contributed by atoms with Crippen LogP contribution >= 0.6 is 0 Å². The van der Waals surface area contributed by atoms with Gasteiger partial charge in [0, 0.05) is 17.4 Å². The van der Waals surface area contributed by atoms with Crippen LogP contribution in [0.2, 0.25) is 0 Å². The van der Waals surface area contributed by atoms with Gasteiger partial charge in [0.05, 0.1) is 0 Å². The number of allylic oxidation sites excluding steroid dienone is 11. The summed E-state index contributed by atoms with van der Waals surface area (Å²) in [5, 5.41) is 0. The molecule has 0 aromatic rings. The zero-order valence-corrected chi connectivity index (χ0v) is 34.6. The number of hydrogen-bond acceptors (Lipinski definition) is 1. The summed E-state index contributed by atoms with van der Waals surface area (Å²) in [6.45, 7) is 5.28. The second kappa shape index (κ2) is 15.0. The molecule has 13 unspecified atom stereocenters. The minimum Gasteiger partial charge on any atom is -0.324 e. The van der Waals surface area contributed by atoms with Gasteiger partial charge < -0.3 is 5.73 Å². The predicted molar refractivity (Wildman–Crippen MR) is 227 cm³/mol. The topological polar surface area (TPSA) is 26.0 Å². The highest BCUT2D eigenvalue weighted by atomic mass is 14.9. The van der Waals surface area contributed by atoms with Crippen molar-refractivity contribution in [2.24, 2.45) is 94.0 Å². The summed E-state index contributed by atoms with van der Waals surface area (Å²) in [4.78, 5) is 0. The second-order valence-electron chi connectivity index (χ2n) is 22.1. The largest absolute Gasteiger partial charge is 0.324 e. The number of hydrogen-bond donors (Lipinski definition) is 1. The quantitative estimate of drug-likeness (QED) is 0.271. The zero-order valence-electron chi connectivity index (χ0n) is 34.6. The molecule has 0 radical (unpaired) electrons. The summed E-state index contributed by atoms with van der Waals surface area (Å²) in [6, 6.07) is 0. The molecule has 14 atom stereocenters. The predicted octanol–water partition coefficient (Wildman–Crippen LogP) is 13.9. The van der Waals surface area contributed by atoms with Crippen LogP contribution in [0.1, 0.15) is 162 Å². The van der Waals surface area contributed by atoms with E-state index < -0.39 is 0 Å². The van der Waals surface area contributed by atoms with Gasteiger partial charge in [-0.2, -0.15) is 0 Å². The maximum Gasteiger partial charge on any atom is 0.0264 e. The number of fused-ring (bicyclic) bond motifs is 4. The second-order valence-corrected chi connectivity index (χ2v) is 22.1. The van der Waals surface area contributed by atoms with Gasteiger partial charge in [-0.25, -0.2) is 0 Å². The van der Waals surface area contributed by atoms with Crippen LogP contribution in [-0.2, 0) is 0 Å². The van der Waals surface area contributed by atoms with E-state index in [2.05, 4.69) is 68.5 Å². The van der Waals surface area contributed by atoms with Crippen molar-refractivity contribution in [1.29, 1.82) is 0 Å². The fourth-order valence-corrected chi connectivity index (χ4v) is 16.8. The maximum atomic E-state index is 8.29. The monoisotopic (exact) mass is 728 g/mol. The van der Waals surface area contributed by atoms with Gasteiger partial charge in [0.1, 0.15) is 0 Å². The van der Waals surface area contributed by atoms with Crippen molar-refractivity contribution in [3.8, 4) is 0 Å². The van der Waals surface area contributed by atoms with Gasteiger partial charge in [0.25, 0.3) is 0 Å². The molecule has 0 heterocycles. The van der Waals surface area contributed by atoms with Gasteiger partial charge in [-0.15, -0.1) is 0 Å². The third-order valence-electron chi connectivity index (χ3n) is 19.4. The zero-order chi connectivity index (χ0) is 36.4. The van der Waals surface area contributed by atoms with Crippen LogP contribution in [0.5, 0.6) is 0 Å². The molecule has 1 heteroatoms. The lowest BCUT2D eigenvalue weighted by atomic mass is 9.43. The van der Waals surface area contributed by atoms with Crippen LogP contribution in [0.4, 0.5) is 0 Å². The van der Waals surface area contributed by atoms with E-state index in [0.29, 0.717) is 23.2 Å². The first kappa shape index (κ1) is 36.7. The van der Waals surface area contributed by atoms with Gasteiger partial charge in [-0.3, -0.25) is 0 Å². The third-order valence-corrected chi connectivity index (χ3v) is 19.4. The average Bonchev–Trinajstić information content (AvgIpc) is 3.46. The Morgan fingerprint density at radius 1 is 0.630 bits per heavy atom. The van der Waals surface area contributed by atoms with Crippen molar-refractivity contribution < 1.29 is 0 Å². The molecule has 0 saturated heterocycles. The molecule has 2 N–H and O–H groups in total. The van der Waals surface area contributed by atoms with Crippen molar-refractivity contribution in [2.75, 3.05) is 0 Å². The van der Waals surface area contributed by atoms with Crippen LogP contribution in [0.3, 0.4) is 0 Å². The lowest BCUT2D eigenvalue weighted by Crippen LogP contribution is -2.68. The standard InChI is InChI=1S/C53H77N/c1-52(2)47-21-12-11-20-45(47)50-48(52)22-13-23-49(50)53(54)34-46(51(53)39-27-24-38(25-28-39)35-14-5-3-6-15-35)44-32-42(36-16-7-4-8-17-36)31-43(33-44)41-29-26-37-18-9-10-19-40(37)30-41/h3,5,14,22,24,26-29,36-38,40-47,49-51H,4,6-13,15-21,23,25,30-34,54H2,1-2H3/t37?,38?,40?,41?,42?,43?,44?,45?,46?,47?,49?,50?,51?,53-/m1/s1. The Labute approximate surface area is 331 Å². The molecule has 6 saturated carbocycles. The van der Waals surface area contributed by atoms with E-state index in [1.54, 1.807) is 11.1 Å². The first-order chi connectivity index (χ1) is 26.4. The van der Waals surface area contributed by atoms with E-state index in [4.69, 9.17) is 5.73 Å². The summed E-state index contributed by atoms with van der Waals surface area (Å²) >= 11 is 0. The van der Waals surface area contributed by atoms with Gasteiger partial charge >= 0.3 is 0 Å². The Balaban J connectivity index is 0.976. The molecule has 10 aliphatic rings. The Hall–Kier alpha value is -1.60. The number of rotatable bonds is 6. The molecule has 0 bridgehead atoms. The highest BCUT2D eigenvalue weighted by molar-refractivity contribution is 5.40. The molecule has 10 aliphatic carbocycles. The molecule has 0 aromatic heterocycles. The molecule has 54 heavy (non-hydrogen) atoms. The van der Waals surface area contributed by atoms with Crippen LogP contribution in [0.15, 0.2) is 71.4 Å². The lowest BCUT2D eigenvalue weighted by Gasteiger charge is -2.63. The molecule has 10 rings (SSSR count). The van der Waals surface area contributed by atoms with Crippen molar-refractivity contribution in [2.45, 2.75) is 167 Å². The maximum absolute atomic E-state index is 8.29. The van der Waals surface area contributed by atoms with Gasteiger partial charge in [0.2, 0.25) is 0 Å². The van der Waals surface area contributed by atoms with Crippen LogP contribution in [0, 0.1) is 88.3 Å². The molecular formula is C53H77N. The van der Waals surface area contributed by atoms with Gasteiger partial charge in [-0.05, 0) is 172 Å². The Kier molecular flexibility index (Phi) is 10.2. The van der Waals surface area contributed by atoms with Crippen LogP contribution < -0.4 is 5.73 Å². The SMILES string of the molecule is CC1(C)C2=CCCC([C@]3(N)CC(C4CC(C5C=CC6CCCCC6C5)CC(C5CCCCC5)C4)C3C3=CCC(C4=CC=CCC4)C=C3)C2C2CCCCC21. The van der Waals surface area contributed by atoms with Gasteiger partial charge in [-0.1, -0.05) is 137 Å². The minimum absolute atomic E-state index is 0.0551. The summed E-state index contributed by atoms with van der Waals surface area (Å²) in [5.41, 5.74) is 13.8. The molecule has 6 fully saturated rings. The average molecular weight is 728 g/mol. The summed E-state index contributed by atoms with van der Waals surface area (Å²) in [6.07, 6.45) is 56.2. The minimum atomic E-state index is -0.0551. The van der Waals surface area contributed by atoms with Crippen LogP contribution in [0.25, 0.3) is 0 Å². The Bertz CT molecular complexity index is 1560. The van der Waals surface area contributed by atoms with E-state index in [1.807, 2.05) is 5.57 Å². The molecule has 0 aliphatic heterocycles. The fraction of sp³-hybridized carbons (Fsp3) is 0.774. The van der Waals surface area contributed by atoms with E-state index in [-0.39, 0.29) is 5.54 Å². The normalized spacial score (nSPS) is 47.4. The smallest absolute Gasteiger partial charge is 0.0264 e. The van der Waals surface area contributed by atoms with E-state index in [0.717, 1.165) is 65.1 Å². The summed E-state index contributed by atoms with van der Waals surface area (Å²) < 4.78 is 0. The highest BCUT2D eigenvalue weighted by Crippen LogP contribution is 2.68. The molecule has 0 amide bonds. The molecule has 0 spiro atoms. The van der Waals surface area contributed by atoms with Crippen molar-refractivity contribution in [1.82, 2.24) is 0 Å². The summed E-state index contributed by atoms with van der Waals surface area (Å²) in [7, 11) is 0. The Morgan fingerprint density at radius 3 is 2.22 bits per heavy atom. The highest BCUT2D eigenvalue weighted by Gasteiger charge is 2.65. The first-order valence-electron chi connectivity index (χ1n) is 24.3. The van der Waals surface area contributed by atoms with Crippen LogP contribution in [-0.4, -0.2) is 5.54 Å². The summed E-state index contributed by atoms with van der Waals surface area (Å²) in [5.74, 6) is 11.4. The molecular weight excluding hydrogens is 651 g/mol. The number of nitrogens with two attached hydrogens (primary N) is 1. The van der Waals surface area contributed by atoms with E-state index >= 15 is 0 Å². The molecule has 294 valence electrons. The molecule has 0 aromatic carbocycles. The molecule has 1 nitrogen and oxygen atoms in total. The fourth-order valence-electron chi connectivity index (χ4n) is 16.8. The van der Waals surface area contributed by atoms with Crippen molar-refractivity contribution >= 4 is 0 Å². The lowest BCUT2D eigenvalue weighted by molar-refractivity contribution is -0.0709. The van der Waals surface area contributed by atoms with Crippen molar-refractivity contribution in [3.63, 3.8) is 0 Å².